The van der Waals surface area contributed by atoms with Crippen molar-refractivity contribution in [3.8, 4) is 0 Å². The van der Waals surface area contributed by atoms with Gasteiger partial charge in [0.25, 0.3) is 0 Å². The third-order valence-corrected chi connectivity index (χ3v) is 6.02. The highest BCUT2D eigenvalue weighted by atomic mass is 16.5. The fraction of sp³-hybridized carbons (Fsp3) is 0.893. The molecule has 38 heavy (non-hydrogen) atoms. The van der Waals surface area contributed by atoms with Crippen LogP contribution in [0.5, 0.6) is 0 Å². The van der Waals surface area contributed by atoms with Crippen LogP contribution in [0.25, 0.3) is 0 Å². The number of rotatable bonds is 30. The van der Waals surface area contributed by atoms with Crippen LogP contribution in [0.3, 0.4) is 0 Å². The van der Waals surface area contributed by atoms with E-state index in [1.165, 1.54) is 57.8 Å². The van der Waals surface area contributed by atoms with Crippen LogP contribution in [0, 0.1) is 0 Å². The van der Waals surface area contributed by atoms with E-state index in [-0.39, 0.29) is 31.6 Å². The highest BCUT2D eigenvalue weighted by molar-refractivity contribution is 5.77. The Morgan fingerprint density at radius 2 is 0.921 bits per heavy atom. The molecule has 0 atom stereocenters. The van der Waals surface area contributed by atoms with Crippen molar-refractivity contribution in [2.75, 3.05) is 59.3 Å². The SMILES string of the molecule is O=C(O)CCCCCCCCCCCCCCCCC(=O)NCCOCCOCC(=O)NCCOCCO. The maximum Gasteiger partial charge on any atom is 0.303 e. The normalized spacial score (nSPS) is 11.0. The molecule has 0 rings (SSSR count). The molecular formula is C28H54N2O8. The van der Waals surface area contributed by atoms with Gasteiger partial charge in [-0.25, -0.2) is 0 Å². The number of carbonyl (C=O) groups excluding carboxylic acids is 2. The molecule has 0 radical (unpaired) electrons. The molecular weight excluding hydrogens is 492 g/mol. The third-order valence-electron chi connectivity index (χ3n) is 6.02. The van der Waals surface area contributed by atoms with Crippen LogP contribution in [-0.4, -0.2) is 87.3 Å². The zero-order valence-corrected chi connectivity index (χ0v) is 23.5. The van der Waals surface area contributed by atoms with Crippen LogP contribution in [-0.2, 0) is 28.6 Å². The van der Waals surface area contributed by atoms with E-state index in [0.717, 1.165) is 32.1 Å². The summed E-state index contributed by atoms with van der Waals surface area (Å²) in [5, 5.41) is 22.7. The van der Waals surface area contributed by atoms with E-state index in [2.05, 4.69) is 10.6 Å². The molecule has 0 heterocycles. The molecule has 0 aromatic heterocycles. The number of carboxylic acid groups (broad SMARTS) is 1. The number of aliphatic hydroxyl groups is 1. The average Bonchev–Trinajstić information content (AvgIpc) is 2.89. The van der Waals surface area contributed by atoms with Gasteiger partial charge in [-0.15, -0.1) is 0 Å². The molecule has 224 valence electrons. The lowest BCUT2D eigenvalue weighted by Gasteiger charge is -2.08. The van der Waals surface area contributed by atoms with Crippen LogP contribution in [0.4, 0.5) is 0 Å². The molecule has 0 aliphatic rings. The molecule has 0 aromatic rings. The molecule has 4 N–H and O–H groups in total. The topological polar surface area (TPSA) is 143 Å². The monoisotopic (exact) mass is 546 g/mol. The molecule has 2 amide bonds. The third kappa shape index (κ3) is 30.5. The Bertz CT molecular complexity index is 563. The second-order valence-corrected chi connectivity index (χ2v) is 9.54. The Hall–Kier alpha value is -1.75. The molecule has 0 aliphatic carbocycles. The van der Waals surface area contributed by atoms with E-state index in [4.69, 9.17) is 24.4 Å². The molecule has 0 bridgehead atoms. The summed E-state index contributed by atoms with van der Waals surface area (Å²) >= 11 is 0. The maximum atomic E-state index is 11.9. The number of aliphatic carboxylic acids is 1. The summed E-state index contributed by atoms with van der Waals surface area (Å²) in [4.78, 5) is 33.8. The minimum Gasteiger partial charge on any atom is -0.481 e. The van der Waals surface area contributed by atoms with Gasteiger partial charge < -0.3 is 35.1 Å². The Morgan fingerprint density at radius 3 is 1.42 bits per heavy atom. The first-order valence-electron chi connectivity index (χ1n) is 14.7. The number of ether oxygens (including phenoxy) is 3. The Morgan fingerprint density at radius 1 is 0.500 bits per heavy atom. The van der Waals surface area contributed by atoms with Gasteiger partial charge >= 0.3 is 5.97 Å². The van der Waals surface area contributed by atoms with E-state index in [1.54, 1.807) is 0 Å². The second kappa shape index (κ2) is 29.8. The van der Waals surface area contributed by atoms with Gasteiger partial charge in [-0.2, -0.15) is 0 Å². The number of hydrogen-bond donors (Lipinski definition) is 4. The summed E-state index contributed by atoms with van der Waals surface area (Å²) in [6, 6.07) is 0. The predicted octanol–water partition coefficient (Wildman–Crippen LogP) is 3.59. The quantitative estimate of drug-likeness (QED) is 0.100. The first kappa shape index (κ1) is 36.2. The van der Waals surface area contributed by atoms with Crippen LogP contribution in [0.15, 0.2) is 0 Å². The van der Waals surface area contributed by atoms with Gasteiger partial charge in [0, 0.05) is 25.9 Å². The zero-order valence-electron chi connectivity index (χ0n) is 23.5. The van der Waals surface area contributed by atoms with Crippen molar-refractivity contribution in [2.45, 2.75) is 103 Å². The van der Waals surface area contributed by atoms with E-state index in [9.17, 15) is 14.4 Å². The van der Waals surface area contributed by atoms with Gasteiger partial charge in [0.15, 0.2) is 0 Å². The minimum atomic E-state index is -0.687. The van der Waals surface area contributed by atoms with Crippen molar-refractivity contribution in [3.63, 3.8) is 0 Å². The van der Waals surface area contributed by atoms with Crippen molar-refractivity contribution in [2.24, 2.45) is 0 Å². The van der Waals surface area contributed by atoms with Crippen LogP contribution < -0.4 is 10.6 Å². The minimum absolute atomic E-state index is 0.0358. The highest BCUT2D eigenvalue weighted by Gasteiger charge is 2.02. The second-order valence-electron chi connectivity index (χ2n) is 9.54. The number of hydrogen-bond acceptors (Lipinski definition) is 7. The Balaban J connectivity index is 3.23. The molecule has 0 spiro atoms. The summed E-state index contributed by atoms with van der Waals surface area (Å²) in [6.45, 7) is 2.46. The fourth-order valence-electron chi connectivity index (χ4n) is 3.90. The lowest BCUT2D eigenvalue weighted by atomic mass is 10.0. The lowest BCUT2D eigenvalue weighted by Crippen LogP contribution is -2.31. The van der Waals surface area contributed by atoms with Crippen molar-refractivity contribution in [1.29, 1.82) is 0 Å². The van der Waals surface area contributed by atoms with Gasteiger partial charge in [-0.3, -0.25) is 14.4 Å². The van der Waals surface area contributed by atoms with Gasteiger partial charge in [-0.1, -0.05) is 77.0 Å². The predicted molar refractivity (Wildman–Crippen MR) is 147 cm³/mol. The molecule has 10 heteroatoms. The summed E-state index contributed by atoms with van der Waals surface area (Å²) in [5.41, 5.74) is 0. The molecule has 0 unspecified atom stereocenters. The van der Waals surface area contributed by atoms with E-state index >= 15 is 0 Å². The smallest absolute Gasteiger partial charge is 0.303 e. The molecule has 0 saturated heterocycles. The Kier molecular flexibility index (Phi) is 28.4. The number of aliphatic hydroxyl groups excluding tert-OH is 1. The largest absolute Gasteiger partial charge is 0.481 e. The van der Waals surface area contributed by atoms with Gasteiger partial charge in [0.2, 0.25) is 11.8 Å². The average molecular weight is 547 g/mol. The summed E-state index contributed by atoms with van der Waals surface area (Å²) in [5.74, 6) is -0.852. The van der Waals surface area contributed by atoms with Crippen molar-refractivity contribution < 1.29 is 38.8 Å². The van der Waals surface area contributed by atoms with Gasteiger partial charge in [-0.05, 0) is 12.8 Å². The molecule has 0 aliphatic heterocycles. The summed E-state index contributed by atoms with van der Waals surface area (Å²) in [6.07, 6.45) is 17.2. The van der Waals surface area contributed by atoms with Crippen molar-refractivity contribution in [3.05, 3.63) is 0 Å². The van der Waals surface area contributed by atoms with Crippen LogP contribution in [0.1, 0.15) is 103 Å². The van der Waals surface area contributed by atoms with E-state index < -0.39 is 5.97 Å². The molecule has 10 nitrogen and oxygen atoms in total. The first-order chi connectivity index (χ1) is 18.6. The number of nitrogens with one attached hydrogen (secondary N) is 2. The fourth-order valence-corrected chi connectivity index (χ4v) is 3.90. The summed E-state index contributed by atoms with van der Waals surface area (Å²) < 4.78 is 15.7. The number of unbranched alkanes of at least 4 members (excludes halogenated alkanes) is 13. The standard InChI is InChI=1S/C28H54N2O8/c31-19-22-36-20-18-30-27(33)25-38-24-23-37-21-17-29-26(32)15-13-11-9-7-5-3-1-2-4-6-8-10-12-14-16-28(34)35/h31H,1-25H2,(H,29,32)(H,30,33)(H,34,35). The molecule has 0 saturated carbocycles. The maximum absolute atomic E-state index is 11.9. The van der Waals surface area contributed by atoms with Crippen LogP contribution in [0.2, 0.25) is 0 Å². The summed E-state index contributed by atoms with van der Waals surface area (Å²) in [7, 11) is 0. The van der Waals surface area contributed by atoms with Gasteiger partial charge in [0.1, 0.15) is 6.61 Å². The number of amides is 2. The van der Waals surface area contributed by atoms with Crippen LogP contribution >= 0.6 is 0 Å². The molecule has 0 fully saturated rings. The highest BCUT2D eigenvalue weighted by Crippen LogP contribution is 2.13. The van der Waals surface area contributed by atoms with Gasteiger partial charge in [0.05, 0.1) is 39.6 Å². The lowest BCUT2D eigenvalue weighted by molar-refractivity contribution is -0.137. The van der Waals surface area contributed by atoms with Crippen molar-refractivity contribution >= 4 is 17.8 Å². The number of carboxylic acids is 1. The first-order valence-corrected chi connectivity index (χ1v) is 14.7. The van der Waals surface area contributed by atoms with E-state index in [0.29, 0.717) is 52.4 Å². The molecule has 0 aromatic carbocycles. The number of carbonyl (C=O) groups is 3. The zero-order chi connectivity index (χ0) is 27.9. The Labute approximate surface area is 229 Å². The van der Waals surface area contributed by atoms with E-state index in [1.807, 2.05) is 0 Å². The van der Waals surface area contributed by atoms with Crippen molar-refractivity contribution in [1.82, 2.24) is 10.6 Å².